The summed E-state index contributed by atoms with van der Waals surface area (Å²) in [4.78, 5) is 12.6. The van der Waals surface area contributed by atoms with Crippen molar-refractivity contribution in [3.05, 3.63) is 85.6 Å². The molecule has 1 aromatic heterocycles. The maximum atomic E-state index is 12.6. The van der Waals surface area contributed by atoms with Crippen LogP contribution in [-0.4, -0.2) is 10.5 Å². The summed E-state index contributed by atoms with van der Waals surface area (Å²) < 4.78 is 2.80. The van der Waals surface area contributed by atoms with Gasteiger partial charge in [0, 0.05) is 26.6 Å². The second-order valence-corrected chi connectivity index (χ2v) is 8.15. The standard InChI is InChI=1S/C22H16BrCl2N3O/c1-13-8-15(14(2)28(13)21-7-6-18(24)11-20(21)25)9-16(12-26)22(29)27-19-5-3-4-17(23)10-19/h3-11H,1-2H3,(H,27,29)/b16-9-. The highest BCUT2D eigenvalue weighted by Gasteiger charge is 2.15. The van der Waals surface area contributed by atoms with Crippen LogP contribution in [0.3, 0.4) is 0 Å². The van der Waals surface area contributed by atoms with Crippen LogP contribution < -0.4 is 5.32 Å². The Labute approximate surface area is 187 Å². The first kappa shape index (κ1) is 21.2. The van der Waals surface area contributed by atoms with Crippen molar-refractivity contribution in [3.8, 4) is 11.8 Å². The number of amides is 1. The monoisotopic (exact) mass is 487 g/mol. The highest BCUT2D eigenvalue weighted by atomic mass is 79.9. The number of hydrogen-bond donors (Lipinski definition) is 1. The van der Waals surface area contributed by atoms with Crippen molar-refractivity contribution in [2.45, 2.75) is 13.8 Å². The Morgan fingerprint density at radius 2 is 1.93 bits per heavy atom. The first-order valence-electron chi connectivity index (χ1n) is 8.63. The van der Waals surface area contributed by atoms with E-state index in [9.17, 15) is 10.1 Å². The van der Waals surface area contributed by atoms with Crippen LogP contribution in [0.1, 0.15) is 17.0 Å². The molecular formula is C22H16BrCl2N3O. The summed E-state index contributed by atoms with van der Waals surface area (Å²) in [5.41, 5.74) is 3.92. The molecular weight excluding hydrogens is 473 g/mol. The molecule has 0 bridgehead atoms. The predicted octanol–water partition coefficient (Wildman–Crippen LogP) is 6.71. The normalized spacial score (nSPS) is 11.2. The Bertz CT molecular complexity index is 1180. The molecule has 1 N–H and O–H groups in total. The maximum Gasteiger partial charge on any atom is 0.266 e. The molecule has 0 unspecified atom stereocenters. The van der Waals surface area contributed by atoms with Crippen LogP contribution in [0.15, 0.2) is 58.6 Å². The summed E-state index contributed by atoms with van der Waals surface area (Å²) in [6.07, 6.45) is 1.58. The Morgan fingerprint density at radius 3 is 2.59 bits per heavy atom. The van der Waals surface area contributed by atoms with E-state index in [1.165, 1.54) is 0 Å². The van der Waals surface area contributed by atoms with Gasteiger partial charge in [0.05, 0.1) is 10.7 Å². The molecule has 0 radical (unpaired) electrons. The maximum absolute atomic E-state index is 12.6. The van der Waals surface area contributed by atoms with Gasteiger partial charge in [-0.05, 0) is 68.0 Å². The van der Waals surface area contributed by atoms with Gasteiger partial charge in [0.15, 0.2) is 0 Å². The van der Waals surface area contributed by atoms with Gasteiger partial charge in [-0.25, -0.2) is 0 Å². The summed E-state index contributed by atoms with van der Waals surface area (Å²) in [5.74, 6) is -0.472. The van der Waals surface area contributed by atoms with E-state index in [-0.39, 0.29) is 5.57 Å². The third kappa shape index (κ3) is 4.73. The van der Waals surface area contributed by atoms with Gasteiger partial charge in [0.2, 0.25) is 0 Å². The molecule has 0 aliphatic heterocycles. The Kier molecular flexibility index (Phi) is 6.49. The zero-order chi connectivity index (χ0) is 21.1. The van der Waals surface area contributed by atoms with Gasteiger partial charge in [-0.2, -0.15) is 5.26 Å². The van der Waals surface area contributed by atoms with Gasteiger partial charge >= 0.3 is 0 Å². The number of aryl methyl sites for hydroxylation is 1. The SMILES string of the molecule is Cc1cc(/C=C(/C#N)C(=O)Nc2cccc(Br)c2)c(C)n1-c1ccc(Cl)cc1Cl. The van der Waals surface area contributed by atoms with Crippen molar-refractivity contribution in [3.63, 3.8) is 0 Å². The number of nitrogens with zero attached hydrogens (tertiary/aromatic N) is 2. The molecule has 3 aromatic rings. The number of nitriles is 1. The minimum Gasteiger partial charge on any atom is -0.321 e. The molecule has 29 heavy (non-hydrogen) atoms. The molecule has 0 atom stereocenters. The third-order valence-corrected chi connectivity index (χ3v) is 5.40. The van der Waals surface area contributed by atoms with Gasteiger partial charge in [-0.1, -0.05) is 45.2 Å². The van der Waals surface area contributed by atoms with Crippen molar-refractivity contribution >= 4 is 56.8 Å². The zero-order valence-electron chi connectivity index (χ0n) is 15.6. The molecule has 7 heteroatoms. The van der Waals surface area contributed by atoms with Crippen molar-refractivity contribution in [2.75, 3.05) is 5.32 Å². The lowest BCUT2D eigenvalue weighted by Crippen LogP contribution is -2.13. The van der Waals surface area contributed by atoms with Gasteiger partial charge in [-0.3, -0.25) is 4.79 Å². The number of nitrogens with one attached hydrogen (secondary N) is 1. The molecule has 3 rings (SSSR count). The minimum absolute atomic E-state index is 0.00688. The number of benzene rings is 2. The van der Waals surface area contributed by atoms with E-state index >= 15 is 0 Å². The van der Waals surface area contributed by atoms with Crippen LogP contribution in [0.4, 0.5) is 5.69 Å². The average molecular weight is 489 g/mol. The van der Waals surface area contributed by atoms with Crippen LogP contribution in [0.2, 0.25) is 10.0 Å². The van der Waals surface area contributed by atoms with Gasteiger partial charge in [-0.15, -0.1) is 0 Å². The van der Waals surface area contributed by atoms with E-state index in [1.807, 2.05) is 42.7 Å². The molecule has 0 saturated carbocycles. The van der Waals surface area contributed by atoms with E-state index < -0.39 is 5.91 Å². The molecule has 0 aliphatic rings. The number of anilines is 1. The highest BCUT2D eigenvalue weighted by Crippen LogP contribution is 2.29. The van der Waals surface area contributed by atoms with Crippen molar-refractivity contribution in [1.29, 1.82) is 5.26 Å². The molecule has 0 aliphatic carbocycles. The van der Waals surface area contributed by atoms with Gasteiger partial charge in [0.25, 0.3) is 5.91 Å². The Morgan fingerprint density at radius 1 is 1.17 bits per heavy atom. The molecule has 2 aromatic carbocycles. The molecule has 0 saturated heterocycles. The van der Waals surface area contributed by atoms with Crippen molar-refractivity contribution in [1.82, 2.24) is 4.57 Å². The second kappa shape index (κ2) is 8.87. The minimum atomic E-state index is -0.472. The number of rotatable bonds is 4. The fourth-order valence-electron chi connectivity index (χ4n) is 3.04. The van der Waals surface area contributed by atoms with Crippen LogP contribution in [0, 0.1) is 25.2 Å². The quantitative estimate of drug-likeness (QED) is 0.327. The summed E-state index contributed by atoms with van der Waals surface area (Å²) >= 11 is 15.7. The average Bonchev–Trinajstić information content (AvgIpc) is 2.93. The molecule has 0 fully saturated rings. The molecule has 146 valence electrons. The number of aromatic nitrogens is 1. The highest BCUT2D eigenvalue weighted by molar-refractivity contribution is 9.10. The lowest BCUT2D eigenvalue weighted by atomic mass is 10.1. The molecule has 0 spiro atoms. The number of carbonyl (C=O) groups excluding carboxylic acids is 1. The largest absolute Gasteiger partial charge is 0.321 e. The van der Waals surface area contributed by atoms with Crippen LogP contribution in [-0.2, 0) is 4.79 Å². The summed E-state index contributed by atoms with van der Waals surface area (Å²) in [5, 5.41) is 13.3. The smallest absolute Gasteiger partial charge is 0.266 e. The summed E-state index contributed by atoms with van der Waals surface area (Å²) in [6.45, 7) is 3.84. The van der Waals surface area contributed by atoms with E-state index in [1.54, 1.807) is 36.4 Å². The molecule has 1 amide bonds. The summed E-state index contributed by atoms with van der Waals surface area (Å²) in [7, 11) is 0. The lowest BCUT2D eigenvalue weighted by molar-refractivity contribution is -0.112. The van der Waals surface area contributed by atoms with Crippen molar-refractivity contribution < 1.29 is 4.79 Å². The van der Waals surface area contributed by atoms with E-state index in [0.717, 1.165) is 27.1 Å². The van der Waals surface area contributed by atoms with Crippen LogP contribution in [0.25, 0.3) is 11.8 Å². The van der Waals surface area contributed by atoms with Crippen molar-refractivity contribution in [2.24, 2.45) is 0 Å². The zero-order valence-corrected chi connectivity index (χ0v) is 18.7. The summed E-state index contributed by atoms with van der Waals surface area (Å²) in [6, 6.07) is 16.4. The van der Waals surface area contributed by atoms with Gasteiger partial charge in [0.1, 0.15) is 11.6 Å². The first-order valence-corrected chi connectivity index (χ1v) is 10.2. The second-order valence-electron chi connectivity index (χ2n) is 6.39. The van der Waals surface area contributed by atoms with E-state index in [2.05, 4.69) is 21.2 Å². The van der Waals surface area contributed by atoms with Crippen LogP contribution >= 0.6 is 39.1 Å². The van der Waals surface area contributed by atoms with E-state index in [4.69, 9.17) is 23.2 Å². The first-order chi connectivity index (χ1) is 13.8. The fraction of sp³-hybridized carbons (Fsp3) is 0.0909. The molecule has 1 heterocycles. The number of hydrogen-bond acceptors (Lipinski definition) is 2. The van der Waals surface area contributed by atoms with Gasteiger partial charge < -0.3 is 9.88 Å². The molecule has 4 nitrogen and oxygen atoms in total. The fourth-order valence-corrected chi connectivity index (χ4v) is 3.93. The topological polar surface area (TPSA) is 57.8 Å². The van der Waals surface area contributed by atoms with E-state index in [0.29, 0.717) is 15.7 Å². The lowest BCUT2D eigenvalue weighted by Gasteiger charge is -2.12. The Balaban J connectivity index is 1.96. The predicted molar refractivity (Wildman–Crippen MR) is 122 cm³/mol. The number of halogens is 3. The number of carbonyl (C=O) groups is 1. The third-order valence-electron chi connectivity index (χ3n) is 4.37. The van der Waals surface area contributed by atoms with Crippen LogP contribution in [0.5, 0.6) is 0 Å². The Hall–Kier alpha value is -2.52.